The van der Waals surface area contributed by atoms with Crippen molar-refractivity contribution in [3.8, 4) is 17.2 Å². The number of ether oxygens (including phenoxy) is 1. The summed E-state index contributed by atoms with van der Waals surface area (Å²) in [7, 11) is 0. The van der Waals surface area contributed by atoms with Gasteiger partial charge in [-0.3, -0.25) is 9.59 Å². The second-order valence-corrected chi connectivity index (χ2v) is 7.85. The lowest BCUT2D eigenvalue weighted by Gasteiger charge is -2.21. The quantitative estimate of drug-likeness (QED) is 0.442. The van der Waals surface area contributed by atoms with Gasteiger partial charge in [0.25, 0.3) is 0 Å². The predicted octanol–water partition coefficient (Wildman–Crippen LogP) is 3.48. The molecular formula is C26H22N2O4. The lowest BCUT2D eigenvalue weighted by molar-refractivity contribution is -0.159. The second-order valence-electron chi connectivity index (χ2n) is 7.85. The Morgan fingerprint density at radius 1 is 0.969 bits per heavy atom. The Labute approximate surface area is 185 Å². The van der Waals surface area contributed by atoms with Crippen LogP contribution in [0.2, 0.25) is 0 Å². The van der Waals surface area contributed by atoms with E-state index in [1.807, 2.05) is 54.6 Å². The van der Waals surface area contributed by atoms with E-state index >= 15 is 0 Å². The van der Waals surface area contributed by atoms with E-state index in [1.165, 1.54) is 0 Å². The molecule has 0 aromatic heterocycles. The highest BCUT2D eigenvalue weighted by atomic mass is 16.5. The minimum Gasteiger partial charge on any atom is -0.481 e. The molecule has 4 rings (SSSR count). The van der Waals surface area contributed by atoms with Crippen LogP contribution in [-0.2, 0) is 20.7 Å². The minimum absolute atomic E-state index is 0.0419. The van der Waals surface area contributed by atoms with Gasteiger partial charge >= 0.3 is 11.9 Å². The highest BCUT2D eigenvalue weighted by Gasteiger charge is 2.36. The summed E-state index contributed by atoms with van der Waals surface area (Å²) in [5.41, 5.74) is 11.6. The van der Waals surface area contributed by atoms with Crippen molar-refractivity contribution >= 4 is 11.9 Å². The van der Waals surface area contributed by atoms with Gasteiger partial charge in [0.2, 0.25) is 0 Å². The molecule has 0 saturated heterocycles. The van der Waals surface area contributed by atoms with Crippen molar-refractivity contribution in [1.29, 1.82) is 5.26 Å². The lowest BCUT2D eigenvalue weighted by atomic mass is 9.93. The number of carboxylic acid groups (broad SMARTS) is 1. The van der Waals surface area contributed by atoms with Crippen molar-refractivity contribution in [2.45, 2.75) is 18.4 Å². The molecule has 0 spiro atoms. The maximum absolute atomic E-state index is 12.8. The summed E-state index contributed by atoms with van der Waals surface area (Å²) in [6, 6.07) is 23.6. The van der Waals surface area contributed by atoms with Crippen LogP contribution in [0.4, 0.5) is 0 Å². The number of hydrogen-bond donors (Lipinski definition) is 2. The molecular weight excluding hydrogens is 404 g/mol. The van der Waals surface area contributed by atoms with E-state index < -0.39 is 23.9 Å². The minimum atomic E-state index is -1.49. The Kier molecular flexibility index (Phi) is 6.02. The Balaban J connectivity index is 1.48. The summed E-state index contributed by atoms with van der Waals surface area (Å²) in [6.07, 6.45) is 0.173. The van der Waals surface area contributed by atoms with Crippen molar-refractivity contribution in [3.63, 3.8) is 0 Å². The maximum atomic E-state index is 12.8. The number of nitriles is 1. The summed E-state index contributed by atoms with van der Waals surface area (Å²) >= 11 is 0. The first-order valence-corrected chi connectivity index (χ1v) is 10.3. The van der Waals surface area contributed by atoms with Gasteiger partial charge in [0.15, 0.2) is 5.92 Å². The summed E-state index contributed by atoms with van der Waals surface area (Å²) in [5, 5.41) is 18.6. The Morgan fingerprint density at radius 3 is 2.06 bits per heavy atom. The number of carboxylic acids is 1. The molecule has 6 heteroatoms. The molecule has 0 radical (unpaired) electrons. The number of rotatable bonds is 7. The molecule has 0 saturated carbocycles. The van der Waals surface area contributed by atoms with E-state index in [4.69, 9.17) is 15.7 Å². The Bertz CT molecular complexity index is 1150. The van der Waals surface area contributed by atoms with Gasteiger partial charge in [0.05, 0.1) is 11.6 Å². The molecule has 1 aliphatic carbocycles. The molecule has 0 heterocycles. The van der Waals surface area contributed by atoms with Crippen molar-refractivity contribution in [2.24, 2.45) is 11.7 Å². The first-order valence-electron chi connectivity index (χ1n) is 10.3. The SMILES string of the molecule is N#Cc1ccc(C[C@H](N)[C@H](C(=O)O)C(=O)OCC2c3ccccc3-c3ccccc32)cc1. The van der Waals surface area contributed by atoms with Crippen molar-refractivity contribution < 1.29 is 19.4 Å². The fourth-order valence-corrected chi connectivity index (χ4v) is 4.26. The third kappa shape index (κ3) is 4.11. The van der Waals surface area contributed by atoms with Crippen LogP contribution in [-0.4, -0.2) is 29.7 Å². The van der Waals surface area contributed by atoms with Crippen molar-refractivity contribution in [2.75, 3.05) is 6.61 Å². The van der Waals surface area contributed by atoms with Crippen LogP contribution in [0.3, 0.4) is 0 Å². The van der Waals surface area contributed by atoms with Crippen LogP contribution in [0.15, 0.2) is 72.8 Å². The van der Waals surface area contributed by atoms with E-state index in [0.717, 1.165) is 27.8 Å². The van der Waals surface area contributed by atoms with Crippen LogP contribution >= 0.6 is 0 Å². The highest BCUT2D eigenvalue weighted by Crippen LogP contribution is 2.44. The van der Waals surface area contributed by atoms with Crippen molar-refractivity contribution in [1.82, 2.24) is 0 Å². The molecule has 0 aliphatic heterocycles. The number of carbonyl (C=O) groups is 2. The Hall–Kier alpha value is -3.95. The first kappa shape index (κ1) is 21.3. The number of aliphatic carboxylic acids is 1. The van der Waals surface area contributed by atoms with Crippen LogP contribution in [0, 0.1) is 17.2 Å². The zero-order chi connectivity index (χ0) is 22.7. The summed E-state index contributed by atoms with van der Waals surface area (Å²) in [5.74, 6) is -3.81. The number of carbonyl (C=O) groups excluding carboxylic acids is 1. The summed E-state index contributed by atoms with van der Waals surface area (Å²) in [6.45, 7) is 0.0419. The molecule has 0 amide bonds. The molecule has 160 valence electrons. The number of benzene rings is 3. The third-order valence-corrected chi connectivity index (χ3v) is 5.86. The van der Waals surface area contributed by atoms with Gasteiger partial charge in [0, 0.05) is 12.0 Å². The molecule has 3 N–H and O–H groups in total. The van der Waals surface area contributed by atoms with Crippen LogP contribution < -0.4 is 5.73 Å². The first-order chi connectivity index (χ1) is 15.5. The third-order valence-electron chi connectivity index (χ3n) is 5.86. The van der Waals surface area contributed by atoms with Crippen LogP contribution in [0.1, 0.15) is 28.2 Å². The topological polar surface area (TPSA) is 113 Å². The molecule has 32 heavy (non-hydrogen) atoms. The molecule has 6 nitrogen and oxygen atoms in total. The smallest absolute Gasteiger partial charge is 0.321 e. The molecule has 0 unspecified atom stereocenters. The lowest BCUT2D eigenvalue weighted by Crippen LogP contribution is -2.43. The average Bonchev–Trinajstić information content (AvgIpc) is 3.12. The van der Waals surface area contributed by atoms with E-state index in [0.29, 0.717) is 5.56 Å². The molecule has 2 atom stereocenters. The number of hydrogen-bond acceptors (Lipinski definition) is 5. The normalized spacial score (nSPS) is 14.0. The van der Waals surface area contributed by atoms with E-state index in [9.17, 15) is 14.7 Å². The van der Waals surface area contributed by atoms with Crippen LogP contribution in [0.25, 0.3) is 11.1 Å². The van der Waals surface area contributed by atoms with E-state index in [1.54, 1.807) is 24.3 Å². The number of esters is 1. The fourth-order valence-electron chi connectivity index (χ4n) is 4.26. The fraction of sp³-hybridized carbons (Fsp3) is 0.192. The van der Waals surface area contributed by atoms with Gasteiger partial charge < -0.3 is 15.6 Å². The molecule has 3 aromatic carbocycles. The van der Waals surface area contributed by atoms with Crippen LogP contribution in [0.5, 0.6) is 0 Å². The standard InChI is InChI=1S/C26H22N2O4/c27-14-17-11-9-16(10-12-17)13-23(28)24(25(29)30)26(31)32-15-22-20-7-3-1-5-18(20)19-6-2-4-8-21(19)22/h1-12,22-24H,13,15,28H2,(H,29,30)/t23-,24+/m0/s1. The monoisotopic (exact) mass is 426 g/mol. The zero-order valence-electron chi connectivity index (χ0n) is 17.3. The number of nitrogens with zero attached hydrogens (tertiary/aromatic N) is 1. The average molecular weight is 426 g/mol. The predicted molar refractivity (Wildman–Crippen MR) is 119 cm³/mol. The maximum Gasteiger partial charge on any atom is 0.321 e. The molecule has 3 aromatic rings. The van der Waals surface area contributed by atoms with Crippen molar-refractivity contribution in [3.05, 3.63) is 95.1 Å². The van der Waals surface area contributed by atoms with Gasteiger partial charge in [-0.15, -0.1) is 0 Å². The molecule has 0 bridgehead atoms. The van der Waals surface area contributed by atoms with E-state index in [-0.39, 0.29) is 18.9 Å². The summed E-state index contributed by atoms with van der Waals surface area (Å²) < 4.78 is 5.52. The van der Waals surface area contributed by atoms with Gasteiger partial charge in [-0.2, -0.15) is 5.26 Å². The van der Waals surface area contributed by atoms with Gasteiger partial charge in [0.1, 0.15) is 6.61 Å². The van der Waals surface area contributed by atoms with E-state index in [2.05, 4.69) is 0 Å². The molecule has 0 fully saturated rings. The zero-order valence-corrected chi connectivity index (χ0v) is 17.3. The molecule has 1 aliphatic rings. The largest absolute Gasteiger partial charge is 0.481 e. The Morgan fingerprint density at radius 2 is 1.53 bits per heavy atom. The van der Waals surface area contributed by atoms with Gasteiger partial charge in [-0.05, 0) is 46.4 Å². The van der Waals surface area contributed by atoms with Gasteiger partial charge in [-0.1, -0.05) is 60.7 Å². The van der Waals surface area contributed by atoms with Gasteiger partial charge in [-0.25, -0.2) is 0 Å². The highest BCUT2D eigenvalue weighted by molar-refractivity contribution is 5.95. The summed E-state index contributed by atoms with van der Waals surface area (Å²) in [4.78, 5) is 24.6. The number of fused-ring (bicyclic) bond motifs is 3. The number of nitrogens with two attached hydrogens (primary N) is 1. The second kappa shape index (κ2) is 9.04.